The van der Waals surface area contributed by atoms with E-state index < -0.39 is 5.41 Å². The maximum Gasteiger partial charge on any atom is 0.0529 e. The zero-order valence-electron chi connectivity index (χ0n) is 10.4. The highest BCUT2D eigenvalue weighted by atomic mass is 35.5. The van der Waals surface area contributed by atoms with Gasteiger partial charge >= 0.3 is 0 Å². The van der Waals surface area contributed by atoms with Gasteiger partial charge in [0.25, 0.3) is 0 Å². The first-order valence-electron chi connectivity index (χ1n) is 6.23. The number of allylic oxidation sites excluding steroid dienone is 1. The van der Waals surface area contributed by atoms with E-state index in [0.717, 1.165) is 17.5 Å². The predicted molar refractivity (Wildman–Crippen MR) is 74.2 cm³/mol. The van der Waals surface area contributed by atoms with Crippen molar-refractivity contribution in [3.05, 3.63) is 56.9 Å². The van der Waals surface area contributed by atoms with Crippen molar-refractivity contribution in [1.82, 2.24) is 0 Å². The van der Waals surface area contributed by atoms with Crippen LogP contribution >= 0.6 is 11.6 Å². The van der Waals surface area contributed by atoms with Crippen LogP contribution in [0.1, 0.15) is 23.5 Å². The third-order valence-corrected chi connectivity index (χ3v) is 4.67. The number of hydrogen-bond acceptors (Lipinski definition) is 2. The Morgan fingerprint density at radius 1 is 1.58 bits per heavy atom. The Morgan fingerprint density at radius 2 is 2.37 bits per heavy atom. The number of rotatable bonds is 3. The first-order valence-corrected chi connectivity index (χ1v) is 6.61. The van der Waals surface area contributed by atoms with E-state index in [2.05, 4.69) is 16.6 Å². The van der Waals surface area contributed by atoms with E-state index in [0.29, 0.717) is 16.9 Å². The van der Waals surface area contributed by atoms with Crippen LogP contribution in [0.3, 0.4) is 0 Å². The number of fused-ring (bicyclic) bond motifs is 3. The van der Waals surface area contributed by atoms with E-state index in [1.54, 1.807) is 0 Å². The molecule has 0 amide bonds. The summed E-state index contributed by atoms with van der Waals surface area (Å²) in [6, 6.07) is 5.72. The van der Waals surface area contributed by atoms with Crippen LogP contribution in [0.15, 0.2) is 35.5 Å². The normalized spacial score (nSPS) is 31.2. The van der Waals surface area contributed by atoms with Gasteiger partial charge in [0.15, 0.2) is 0 Å². The Labute approximate surface area is 116 Å². The highest BCUT2D eigenvalue weighted by Crippen LogP contribution is 2.63. The summed E-state index contributed by atoms with van der Waals surface area (Å²) in [6.07, 6.45) is 0.792. The van der Waals surface area contributed by atoms with Crippen LogP contribution in [0.2, 0.25) is 5.02 Å². The van der Waals surface area contributed by atoms with Crippen LogP contribution in [0.25, 0.3) is 10.4 Å². The lowest BCUT2D eigenvalue weighted by Crippen LogP contribution is -2.37. The molecule has 0 spiro atoms. The molecule has 2 aliphatic carbocycles. The summed E-state index contributed by atoms with van der Waals surface area (Å²) < 4.78 is 0. The molecule has 1 fully saturated rings. The summed E-state index contributed by atoms with van der Waals surface area (Å²) in [7, 11) is 0. The van der Waals surface area contributed by atoms with Crippen LogP contribution < -0.4 is 0 Å². The molecule has 0 aromatic heterocycles. The number of benzene rings is 1. The molecule has 3 atom stereocenters. The topological polar surface area (TPSA) is 69.0 Å². The van der Waals surface area contributed by atoms with Crippen LogP contribution in [-0.4, -0.2) is 18.3 Å². The van der Waals surface area contributed by atoms with E-state index in [9.17, 15) is 5.11 Å². The minimum Gasteiger partial charge on any atom is -0.395 e. The molecule has 0 aliphatic heterocycles. The lowest BCUT2D eigenvalue weighted by molar-refractivity contribution is 0.177. The molecule has 0 saturated heterocycles. The van der Waals surface area contributed by atoms with Gasteiger partial charge in [-0.3, -0.25) is 0 Å². The summed E-state index contributed by atoms with van der Waals surface area (Å²) in [5, 5.41) is 14.2. The molecule has 0 bridgehead atoms. The molecule has 3 rings (SSSR count). The quantitative estimate of drug-likeness (QED) is 0.390. The Hall–Kier alpha value is -1.48. The summed E-state index contributed by atoms with van der Waals surface area (Å²) >= 11 is 6.07. The molecular formula is C14H14ClN3O. The second-order valence-corrected chi connectivity index (χ2v) is 5.86. The predicted octanol–water partition coefficient (Wildman–Crippen LogP) is 3.55. The highest BCUT2D eigenvalue weighted by molar-refractivity contribution is 6.30. The zero-order chi connectivity index (χ0) is 13.6. The highest BCUT2D eigenvalue weighted by Gasteiger charge is 2.54. The fraction of sp³-hybridized carbons (Fsp3) is 0.429. The van der Waals surface area contributed by atoms with Gasteiger partial charge in [0.1, 0.15) is 0 Å². The van der Waals surface area contributed by atoms with Gasteiger partial charge in [-0.05, 0) is 41.1 Å². The minimum atomic E-state index is -0.493. The molecule has 0 radical (unpaired) electrons. The number of nitrogens with zero attached hydrogens (tertiary/aromatic N) is 3. The maximum atomic E-state index is 9.86. The van der Waals surface area contributed by atoms with Gasteiger partial charge < -0.3 is 5.11 Å². The number of aliphatic hydroxyl groups excluding tert-OH is 1. The molecule has 98 valence electrons. The van der Waals surface area contributed by atoms with Gasteiger partial charge in [0.05, 0.1) is 6.61 Å². The van der Waals surface area contributed by atoms with Crippen LogP contribution in [0.4, 0.5) is 0 Å². The summed E-state index contributed by atoms with van der Waals surface area (Å²) in [6.45, 7) is 4.33. The third kappa shape index (κ3) is 1.76. The smallest absolute Gasteiger partial charge is 0.0529 e. The van der Waals surface area contributed by atoms with Crippen LogP contribution in [0, 0.1) is 5.92 Å². The molecular weight excluding hydrogens is 262 g/mol. The van der Waals surface area contributed by atoms with Crippen molar-refractivity contribution in [3.8, 4) is 0 Å². The SMILES string of the molecule is C=C1[C@H]2C[C@@](CO)(CN=[N+]=[N-])c3ccc(Cl)cc3[C@@H]12. The zero-order valence-corrected chi connectivity index (χ0v) is 11.1. The summed E-state index contributed by atoms with van der Waals surface area (Å²) in [5.74, 6) is 0.742. The van der Waals surface area contributed by atoms with Gasteiger partial charge in [0.2, 0.25) is 0 Å². The van der Waals surface area contributed by atoms with E-state index >= 15 is 0 Å². The number of hydrogen-bond donors (Lipinski definition) is 1. The second kappa shape index (κ2) is 4.27. The van der Waals surface area contributed by atoms with Crippen molar-refractivity contribution < 1.29 is 5.11 Å². The molecule has 2 aliphatic rings. The largest absolute Gasteiger partial charge is 0.395 e. The Balaban J connectivity index is 2.14. The average molecular weight is 276 g/mol. The van der Waals surface area contributed by atoms with Gasteiger partial charge in [-0.1, -0.05) is 34.9 Å². The average Bonchev–Trinajstić information content (AvgIpc) is 3.06. The lowest BCUT2D eigenvalue weighted by atomic mass is 9.70. The van der Waals surface area contributed by atoms with Crippen molar-refractivity contribution in [1.29, 1.82) is 0 Å². The number of halogens is 1. The second-order valence-electron chi connectivity index (χ2n) is 5.42. The fourth-order valence-electron chi connectivity index (χ4n) is 3.36. The summed E-state index contributed by atoms with van der Waals surface area (Å²) in [5.41, 5.74) is 11.4. The van der Waals surface area contributed by atoms with Gasteiger partial charge in [-0.15, -0.1) is 0 Å². The van der Waals surface area contributed by atoms with Gasteiger partial charge in [0, 0.05) is 27.8 Å². The molecule has 5 heteroatoms. The Kier molecular flexibility index (Phi) is 2.82. The number of aliphatic hydroxyl groups is 1. The third-order valence-electron chi connectivity index (χ3n) is 4.44. The van der Waals surface area contributed by atoms with Crippen LogP contribution in [-0.2, 0) is 5.41 Å². The Morgan fingerprint density at radius 3 is 3.05 bits per heavy atom. The number of azide groups is 1. The maximum absolute atomic E-state index is 9.86. The van der Waals surface area contributed by atoms with E-state index in [-0.39, 0.29) is 13.2 Å². The molecule has 0 heterocycles. The van der Waals surface area contributed by atoms with Gasteiger partial charge in [-0.25, -0.2) is 0 Å². The molecule has 1 aromatic rings. The molecule has 0 unspecified atom stereocenters. The van der Waals surface area contributed by atoms with Gasteiger partial charge in [-0.2, -0.15) is 0 Å². The summed E-state index contributed by atoms with van der Waals surface area (Å²) in [4.78, 5) is 2.84. The molecule has 4 nitrogen and oxygen atoms in total. The Bertz CT molecular complexity index is 609. The molecule has 1 saturated carbocycles. The van der Waals surface area contributed by atoms with Crippen molar-refractivity contribution in [2.45, 2.75) is 17.8 Å². The fourth-order valence-corrected chi connectivity index (χ4v) is 3.54. The monoisotopic (exact) mass is 275 g/mol. The molecule has 1 aromatic carbocycles. The van der Waals surface area contributed by atoms with Crippen LogP contribution in [0.5, 0.6) is 0 Å². The first kappa shape index (κ1) is 12.5. The van der Waals surface area contributed by atoms with Crippen molar-refractivity contribution in [2.24, 2.45) is 11.0 Å². The van der Waals surface area contributed by atoms with E-state index in [1.165, 1.54) is 5.57 Å². The van der Waals surface area contributed by atoms with E-state index in [1.807, 2.05) is 18.2 Å². The first-order chi connectivity index (χ1) is 9.13. The minimum absolute atomic E-state index is 0.0306. The standard InChI is InChI=1S/C14H14ClN3O/c1-8-11-5-14(7-19,6-17-18-16)12-3-2-9(15)4-10(12)13(8)11/h2-4,11,13,19H,1,5-7H2/t11-,13-,14+/m1/s1. The molecule has 1 N–H and O–H groups in total. The van der Waals surface area contributed by atoms with Crippen molar-refractivity contribution in [2.75, 3.05) is 13.2 Å². The molecule has 19 heavy (non-hydrogen) atoms. The van der Waals surface area contributed by atoms with Crippen molar-refractivity contribution >= 4 is 11.6 Å². The lowest BCUT2D eigenvalue weighted by Gasteiger charge is -2.36. The van der Waals surface area contributed by atoms with Crippen molar-refractivity contribution in [3.63, 3.8) is 0 Å². The van der Waals surface area contributed by atoms with E-state index in [4.69, 9.17) is 17.1 Å².